The first-order valence-electron chi connectivity index (χ1n) is 9.63. The topological polar surface area (TPSA) is 43.2 Å². The average molecular weight is 360 g/mol. The largest absolute Gasteiger partial charge is 0.475 e. The van der Waals surface area contributed by atoms with Crippen LogP contribution in [0.3, 0.4) is 0 Å². The summed E-state index contributed by atoms with van der Waals surface area (Å²) in [5.41, 5.74) is 4.73. The average Bonchev–Trinajstić information content (AvgIpc) is 3.35. The van der Waals surface area contributed by atoms with Gasteiger partial charge in [0.25, 0.3) is 0 Å². The summed E-state index contributed by atoms with van der Waals surface area (Å²) in [7, 11) is 0. The Bertz CT molecular complexity index is 955. The van der Waals surface area contributed by atoms with Gasteiger partial charge in [0.1, 0.15) is 18.8 Å². The van der Waals surface area contributed by atoms with E-state index in [1.807, 2.05) is 18.2 Å². The molecule has 0 N–H and O–H groups in total. The molecule has 0 bridgehead atoms. The summed E-state index contributed by atoms with van der Waals surface area (Å²) in [6.45, 7) is 7.23. The highest BCUT2D eigenvalue weighted by molar-refractivity contribution is 6.00. The highest BCUT2D eigenvalue weighted by atomic mass is 16.5. The van der Waals surface area contributed by atoms with Crippen LogP contribution in [0.15, 0.2) is 58.5 Å². The summed E-state index contributed by atoms with van der Waals surface area (Å²) >= 11 is 0. The van der Waals surface area contributed by atoms with Gasteiger partial charge >= 0.3 is 0 Å². The van der Waals surface area contributed by atoms with Gasteiger partial charge in [0.2, 0.25) is 11.8 Å². The molecule has 5 rings (SSSR count). The number of ether oxygens (including phenoxy) is 2. The maximum absolute atomic E-state index is 6.22. The van der Waals surface area contributed by atoms with E-state index in [4.69, 9.17) is 19.5 Å². The first-order valence-corrected chi connectivity index (χ1v) is 9.63. The number of rotatable bonds is 2. The minimum atomic E-state index is 0.100. The number of benzene rings is 2. The molecule has 138 valence electrons. The molecule has 3 atom stereocenters. The molecule has 2 heterocycles. The van der Waals surface area contributed by atoms with Crippen molar-refractivity contribution in [2.24, 2.45) is 15.4 Å². The minimum absolute atomic E-state index is 0.100. The van der Waals surface area contributed by atoms with Gasteiger partial charge in [0.15, 0.2) is 0 Å². The van der Waals surface area contributed by atoms with Crippen LogP contribution in [0.5, 0.6) is 0 Å². The maximum Gasteiger partial charge on any atom is 0.217 e. The fourth-order valence-corrected chi connectivity index (χ4v) is 4.00. The first-order chi connectivity index (χ1) is 13.0. The SMILES string of the molecule is CC(C)(C)[C@H]1COC(c2cccc(C3=N[C@H]4c5ccccc5C[C@H]4O3)c2)=N1. The lowest BCUT2D eigenvalue weighted by Crippen LogP contribution is -2.25. The third kappa shape index (κ3) is 2.84. The molecule has 3 aliphatic rings. The molecule has 2 aliphatic heterocycles. The fraction of sp³-hybridized carbons (Fsp3) is 0.391. The van der Waals surface area contributed by atoms with Gasteiger partial charge in [-0.3, -0.25) is 0 Å². The van der Waals surface area contributed by atoms with Crippen molar-refractivity contribution < 1.29 is 9.47 Å². The van der Waals surface area contributed by atoms with Gasteiger partial charge in [0.05, 0.1) is 6.04 Å². The van der Waals surface area contributed by atoms with E-state index in [1.54, 1.807) is 0 Å². The van der Waals surface area contributed by atoms with Crippen LogP contribution in [0.25, 0.3) is 0 Å². The van der Waals surface area contributed by atoms with Crippen LogP contribution < -0.4 is 0 Å². The molecule has 4 heteroatoms. The lowest BCUT2D eigenvalue weighted by molar-refractivity contribution is 0.206. The predicted octanol–water partition coefficient (Wildman–Crippen LogP) is 4.32. The molecule has 2 aromatic rings. The van der Waals surface area contributed by atoms with Gasteiger partial charge < -0.3 is 9.47 Å². The molecule has 0 fully saturated rings. The molecule has 0 saturated heterocycles. The van der Waals surface area contributed by atoms with Crippen molar-refractivity contribution in [2.45, 2.75) is 45.4 Å². The number of hydrogen-bond donors (Lipinski definition) is 0. The van der Waals surface area contributed by atoms with Crippen molar-refractivity contribution >= 4 is 11.8 Å². The molecule has 4 nitrogen and oxygen atoms in total. The third-order valence-electron chi connectivity index (χ3n) is 5.67. The van der Waals surface area contributed by atoms with E-state index >= 15 is 0 Å². The van der Waals surface area contributed by atoms with Crippen LogP contribution >= 0.6 is 0 Å². The molecule has 1 aliphatic carbocycles. The van der Waals surface area contributed by atoms with Crippen molar-refractivity contribution in [3.63, 3.8) is 0 Å². The quantitative estimate of drug-likeness (QED) is 0.800. The number of fused-ring (bicyclic) bond motifs is 3. The Labute approximate surface area is 160 Å². The van der Waals surface area contributed by atoms with E-state index in [2.05, 4.69) is 51.1 Å². The van der Waals surface area contributed by atoms with E-state index in [0.29, 0.717) is 6.61 Å². The number of aliphatic imine (C=N–C) groups is 2. The second-order valence-corrected chi connectivity index (χ2v) is 8.65. The van der Waals surface area contributed by atoms with Gasteiger partial charge in [-0.1, -0.05) is 51.1 Å². The maximum atomic E-state index is 6.22. The van der Waals surface area contributed by atoms with Gasteiger partial charge in [-0.05, 0) is 34.7 Å². The monoisotopic (exact) mass is 360 g/mol. The standard InChI is InChI=1S/C23H24N2O2/c1-23(2,3)19-13-26-21(24-19)15-8-6-9-16(11-15)22-25-20-17-10-5-4-7-14(17)12-18(20)27-22/h4-11,18-20H,12-13H2,1-3H3/t18-,19-,20+/m1/s1. The Morgan fingerprint density at radius 3 is 2.48 bits per heavy atom. The van der Waals surface area contributed by atoms with Crippen molar-refractivity contribution in [3.05, 3.63) is 70.8 Å². The Kier molecular flexibility index (Phi) is 3.64. The summed E-state index contributed by atoms with van der Waals surface area (Å²) in [6, 6.07) is 17.0. The highest BCUT2D eigenvalue weighted by Crippen LogP contribution is 2.40. The Hall–Kier alpha value is -2.62. The van der Waals surface area contributed by atoms with Gasteiger partial charge in [-0.25, -0.2) is 9.98 Å². The van der Waals surface area contributed by atoms with Gasteiger partial charge in [-0.2, -0.15) is 0 Å². The third-order valence-corrected chi connectivity index (χ3v) is 5.67. The zero-order valence-corrected chi connectivity index (χ0v) is 16.0. The van der Waals surface area contributed by atoms with Crippen LogP contribution in [0, 0.1) is 5.41 Å². The fourth-order valence-electron chi connectivity index (χ4n) is 4.00. The summed E-state index contributed by atoms with van der Waals surface area (Å²) < 4.78 is 12.1. The zero-order valence-electron chi connectivity index (χ0n) is 16.0. The van der Waals surface area contributed by atoms with E-state index < -0.39 is 0 Å². The molecule has 0 saturated carbocycles. The molecule has 0 amide bonds. The molecule has 2 aromatic carbocycles. The van der Waals surface area contributed by atoms with E-state index in [-0.39, 0.29) is 23.6 Å². The summed E-state index contributed by atoms with van der Waals surface area (Å²) in [4.78, 5) is 9.70. The Morgan fingerprint density at radius 1 is 0.926 bits per heavy atom. The predicted molar refractivity (Wildman–Crippen MR) is 106 cm³/mol. The van der Waals surface area contributed by atoms with E-state index in [0.717, 1.165) is 29.3 Å². The van der Waals surface area contributed by atoms with E-state index in [1.165, 1.54) is 11.1 Å². The van der Waals surface area contributed by atoms with Crippen molar-refractivity contribution in [1.82, 2.24) is 0 Å². The van der Waals surface area contributed by atoms with E-state index in [9.17, 15) is 0 Å². The molecule has 0 radical (unpaired) electrons. The highest BCUT2D eigenvalue weighted by Gasteiger charge is 2.39. The first kappa shape index (κ1) is 16.5. The molecule has 27 heavy (non-hydrogen) atoms. The summed E-state index contributed by atoms with van der Waals surface area (Å²) in [5, 5.41) is 0. The van der Waals surface area contributed by atoms with Crippen molar-refractivity contribution in [2.75, 3.05) is 6.61 Å². The molecule has 0 unspecified atom stereocenters. The Morgan fingerprint density at radius 2 is 1.70 bits per heavy atom. The molecule has 0 spiro atoms. The molecule has 0 aromatic heterocycles. The van der Waals surface area contributed by atoms with Crippen LogP contribution in [0.4, 0.5) is 0 Å². The van der Waals surface area contributed by atoms with Crippen LogP contribution in [0.1, 0.15) is 49.1 Å². The summed E-state index contributed by atoms with van der Waals surface area (Å²) in [5.74, 6) is 1.45. The second kappa shape index (κ2) is 5.95. The number of nitrogens with zero attached hydrogens (tertiary/aromatic N) is 2. The lowest BCUT2D eigenvalue weighted by atomic mass is 9.88. The van der Waals surface area contributed by atoms with Crippen molar-refractivity contribution in [1.29, 1.82) is 0 Å². The Balaban J connectivity index is 1.43. The minimum Gasteiger partial charge on any atom is -0.475 e. The van der Waals surface area contributed by atoms with Crippen LogP contribution in [0.2, 0.25) is 0 Å². The van der Waals surface area contributed by atoms with Gasteiger partial charge in [-0.15, -0.1) is 0 Å². The van der Waals surface area contributed by atoms with Gasteiger partial charge in [0, 0.05) is 17.5 Å². The zero-order chi connectivity index (χ0) is 18.6. The van der Waals surface area contributed by atoms with Crippen LogP contribution in [-0.4, -0.2) is 30.5 Å². The lowest BCUT2D eigenvalue weighted by Gasteiger charge is -2.21. The van der Waals surface area contributed by atoms with Crippen LogP contribution in [-0.2, 0) is 15.9 Å². The summed E-state index contributed by atoms with van der Waals surface area (Å²) in [6.07, 6.45) is 1.04. The molecular formula is C23H24N2O2. The second-order valence-electron chi connectivity index (χ2n) is 8.65. The van der Waals surface area contributed by atoms with Crippen molar-refractivity contribution in [3.8, 4) is 0 Å². The normalized spacial score (nSPS) is 26.0. The number of hydrogen-bond acceptors (Lipinski definition) is 4. The molecular weight excluding hydrogens is 336 g/mol. The smallest absolute Gasteiger partial charge is 0.217 e.